The lowest BCUT2D eigenvalue weighted by atomic mass is 9.62. The number of fused-ring (bicyclic) bond motifs is 4. The topological polar surface area (TPSA) is 70.8 Å². The van der Waals surface area contributed by atoms with Crippen LogP contribution in [0.25, 0.3) is 27.3 Å². The number of H-pyrrole nitrogens is 1. The van der Waals surface area contributed by atoms with Crippen LogP contribution in [-0.4, -0.2) is 26.0 Å². The lowest BCUT2D eigenvalue weighted by Crippen LogP contribution is -2.47. The molecule has 0 amide bonds. The maximum Gasteiger partial charge on any atom is 0.218 e. The van der Waals surface area contributed by atoms with Gasteiger partial charge in [0.15, 0.2) is 17.3 Å². The Morgan fingerprint density at radius 3 is 2.67 bits per heavy atom. The molecule has 154 valence electrons. The number of aromatic nitrogens is 4. The highest BCUT2D eigenvalue weighted by Crippen LogP contribution is 2.46. The Labute approximate surface area is 179 Å². The Morgan fingerprint density at radius 1 is 1.23 bits per heavy atom. The standard InChI is InChI=1S/C22H22ClFN6/c1-10-12-4-6-13(7-5-12)17(10)29-21-16(24)11(2)18(25-3)19(30-21)14-8-26-22-20(14)28-15(23)9-27-22/h8-10,12-13,17H,4-7H2,1-2H3,(H,26,27)(H,29,30)/t10-,12?,13?,17+/m1/s1. The number of nitrogens with one attached hydrogen (secondary N) is 2. The van der Waals surface area contributed by atoms with Crippen molar-refractivity contribution in [3.8, 4) is 11.3 Å². The Bertz CT molecular complexity index is 1170. The second-order valence-corrected chi connectivity index (χ2v) is 8.89. The normalized spacial score (nSPS) is 25.4. The molecule has 2 bridgehead atoms. The van der Waals surface area contributed by atoms with Crippen molar-refractivity contribution in [2.75, 3.05) is 5.32 Å². The van der Waals surface area contributed by atoms with Crippen LogP contribution in [-0.2, 0) is 0 Å². The second-order valence-electron chi connectivity index (χ2n) is 8.50. The van der Waals surface area contributed by atoms with E-state index in [1.807, 2.05) is 0 Å². The van der Waals surface area contributed by atoms with Gasteiger partial charge in [0.1, 0.15) is 10.7 Å². The molecule has 0 aromatic carbocycles. The molecule has 3 fully saturated rings. The van der Waals surface area contributed by atoms with Crippen LogP contribution in [0.15, 0.2) is 12.4 Å². The summed E-state index contributed by atoms with van der Waals surface area (Å²) in [6, 6.07) is 0.197. The minimum Gasteiger partial charge on any atom is -0.364 e. The van der Waals surface area contributed by atoms with Crippen LogP contribution >= 0.6 is 11.6 Å². The lowest BCUT2D eigenvalue weighted by molar-refractivity contribution is 0.0926. The van der Waals surface area contributed by atoms with E-state index in [9.17, 15) is 0 Å². The van der Waals surface area contributed by atoms with Crippen LogP contribution < -0.4 is 5.32 Å². The van der Waals surface area contributed by atoms with Gasteiger partial charge in [0.2, 0.25) is 5.69 Å². The number of nitrogens with zero attached hydrogens (tertiary/aromatic N) is 4. The molecule has 2 atom stereocenters. The maximum atomic E-state index is 15.2. The van der Waals surface area contributed by atoms with Crippen LogP contribution in [0.4, 0.5) is 15.9 Å². The molecule has 3 aliphatic carbocycles. The fraction of sp³-hybridized carbons (Fsp3) is 0.455. The fourth-order valence-electron chi connectivity index (χ4n) is 5.30. The zero-order valence-electron chi connectivity index (χ0n) is 16.8. The van der Waals surface area contributed by atoms with Crippen molar-refractivity contribution >= 4 is 34.3 Å². The molecule has 0 aliphatic heterocycles. The molecule has 3 saturated carbocycles. The lowest BCUT2D eigenvalue weighted by Gasteiger charge is -2.47. The third kappa shape index (κ3) is 2.93. The Hall–Kier alpha value is -2.72. The Kier molecular flexibility index (Phi) is 4.62. The average Bonchev–Trinajstić information content (AvgIpc) is 3.16. The maximum absolute atomic E-state index is 15.2. The summed E-state index contributed by atoms with van der Waals surface area (Å²) < 4.78 is 15.2. The molecule has 3 heterocycles. The van der Waals surface area contributed by atoms with Gasteiger partial charge in [-0.05, 0) is 55.9 Å². The first kappa shape index (κ1) is 19.3. The summed E-state index contributed by atoms with van der Waals surface area (Å²) in [5.74, 6) is 1.45. The van der Waals surface area contributed by atoms with Gasteiger partial charge in [-0.15, -0.1) is 0 Å². The summed E-state index contributed by atoms with van der Waals surface area (Å²) in [7, 11) is 0. The van der Waals surface area contributed by atoms with Crippen molar-refractivity contribution in [3.63, 3.8) is 0 Å². The van der Waals surface area contributed by atoms with Gasteiger partial charge < -0.3 is 10.3 Å². The van der Waals surface area contributed by atoms with Crippen molar-refractivity contribution in [1.29, 1.82) is 0 Å². The van der Waals surface area contributed by atoms with Crippen LogP contribution in [0.5, 0.6) is 0 Å². The number of hydrogen-bond acceptors (Lipinski definition) is 4. The SMILES string of the molecule is [C-]#[N+]c1c(-c2c[nH]c3ncc(Cl)nc23)nc(N[C@@H]2C3CCC(CC3)[C@H]2C)c(F)c1C. The molecule has 0 spiro atoms. The minimum atomic E-state index is -0.456. The molecule has 3 aromatic heterocycles. The molecule has 3 aliphatic rings. The average molecular weight is 425 g/mol. The van der Waals surface area contributed by atoms with Gasteiger partial charge in [-0.3, -0.25) is 0 Å². The fourth-order valence-corrected chi connectivity index (χ4v) is 5.44. The van der Waals surface area contributed by atoms with E-state index in [0.717, 1.165) is 0 Å². The Morgan fingerprint density at radius 2 is 1.97 bits per heavy atom. The number of anilines is 1. The molecule has 8 heteroatoms. The van der Waals surface area contributed by atoms with Gasteiger partial charge in [0.05, 0.1) is 18.5 Å². The van der Waals surface area contributed by atoms with Gasteiger partial charge >= 0.3 is 0 Å². The predicted octanol–water partition coefficient (Wildman–Crippen LogP) is 5.91. The van der Waals surface area contributed by atoms with Crippen LogP contribution in [0.2, 0.25) is 5.15 Å². The first-order valence-corrected chi connectivity index (χ1v) is 10.7. The molecule has 0 saturated heterocycles. The van der Waals surface area contributed by atoms with Crippen molar-refractivity contribution in [2.45, 2.75) is 45.6 Å². The van der Waals surface area contributed by atoms with Crippen LogP contribution in [0.3, 0.4) is 0 Å². The van der Waals surface area contributed by atoms with Gasteiger partial charge in [-0.25, -0.2) is 24.2 Å². The highest BCUT2D eigenvalue weighted by atomic mass is 35.5. The summed E-state index contributed by atoms with van der Waals surface area (Å²) in [6.07, 6.45) is 8.03. The highest BCUT2D eigenvalue weighted by Gasteiger charge is 2.41. The zero-order chi connectivity index (χ0) is 21.0. The van der Waals surface area contributed by atoms with Gasteiger partial charge in [-0.2, -0.15) is 0 Å². The highest BCUT2D eigenvalue weighted by molar-refractivity contribution is 6.29. The summed E-state index contributed by atoms with van der Waals surface area (Å²) in [6.45, 7) is 11.5. The van der Waals surface area contributed by atoms with Crippen molar-refractivity contribution < 1.29 is 4.39 Å². The first-order valence-electron chi connectivity index (χ1n) is 10.3. The van der Waals surface area contributed by atoms with Crippen molar-refractivity contribution in [3.05, 3.63) is 40.3 Å². The molecule has 0 unspecified atom stereocenters. The molecule has 30 heavy (non-hydrogen) atoms. The third-order valence-electron chi connectivity index (χ3n) is 7.00. The van der Waals surface area contributed by atoms with Crippen LogP contribution in [0, 0.1) is 37.1 Å². The molecule has 6 nitrogen and oxygen atoms in total. The zero-order valence-corrected chi connectivity index (χ0v) is 17.6. The summed E-state index contributed by atoms with van der Waals surface area (Å²) >= 11 is 6.04. The van der Waals surface area contributed by atoms with Gasteiger partial charge in [0, 0.05) is 17.8 Å². The van der Waals surface area contributed by atoms with E-state index < -0.39 is 5.82 Å². The predicted molar refractivity (Wildman–Crippen MR) is 115 cm³/mol. The molecule has 2 N–H and O–H groups in total. The van der Waals surface area contributed by atoms with E-state index in [2.05, 4.69) is 37.0 Å². The largest absolute Gasteiger partial charge is 0.364 e. The van der Waals surface area contributed by atoms with Crippen molar-refractivity contribution in [2.24, 2.45) is 17.8 Å². The van der Waals surface area contributed by atoms with Crippen LogP contribution in [0.1, 0.15) is 38.2 Å². The monoisotopic (exact) mass is 424 g/mol. The van der Waals surface area contributed by atoms with E-state index in [1.54, 1.807) is 13.1 Å². The summed E-state index contributed by atoms with van der Waals surface area (Å²) in [5, 5.41) is 3.67. The number of rotatable bonds is 3. The molecular formula is C22H22ClFN6. The molecule has 3 aromatic rings. The number of pyridine rings is 1. The smallest absolute Gasteiger partial charge is 0.218 e. The molecular weight excluding hydrogens is 403 g/mol. The molecule has 0 radical (unpaired) electrons. The second kappa shape index (κ2) is 7.21. The minimum absolute atomic E-state index is 0.180. The van der Waals surface area contributed by atoms with E-state index in [4.69, 9.17) is 18.2 Å². The number of hydrogen-bond donors (Lipinski definition) is 2. The van der Waals surface area contributed by atoms with E-state index >= 15 is 4.39 Å². The number of halogens is 2. The van der Waals surface area contributed by atoms with E-state index in [1.165, 1.54) is 31.9 Å². The van der Waals surface area contributed by atoms with Gasteiger partial charge in [-0.1, -0.05) is 18.5 Å². The summed E-state index contributed by atoms with van der Waals surface area (Å²) in [5.41, 5.74) is 2.51. The third-order valence-corrected chi connectivity index (χ3v) is 7.18. The number of aromatic amines is 1. The summed E-state index contributed by atoms with van der Waals surface area (Å²) in [4.78, 5) is 19.8. The molecule has 6 rings (SSSR count). The quantitative estimate of drug-likeness (QED) is 0.513. The first-order chi connectivity index (χ1) is 14.5. The van der Waals surface area contributed by atoms with E-state index in [0.29, 0.717) is 40.2 Å². The Balaban J connectivity index is 1.62. The van der Waals surface area contributed by atoms with Gasteiger partial charge in [0.25, 0.3) is 0 Å². The van der Waals surface area contributed by atoms with Crippen molar-refractivity contribution in [1.82, 2.24) is 19.9 Å². The van der Waals surface area contributed by atoms with E-state index in [-0.39, 0.29) is 28.3 Å².